The van der Waals surface area contributed by atoms with Crippen LogP contribution < -0.4 is 0 Å². The summed E-state index contributed by atoms with van der Waals surface area (Å²) >= 11 is 0. The zero-order chi connectivity index (χ0) is 20.9. The van der Waals surface area contributed by atoms with E-state index in [1.165, 1.54) is 6.07 Å². The molecule has 1 aromatic heterocycles. The highest BCUT2D eigenvalue weighted by molar-refractivity contribution is 5.84. The molecule has 1 N–H and O–H groups in total. The van der Waals surface area contributed by atoms with E-state index in [4.69, 9.17) is 14.3 Å². The van der Waals surface area contributed by atoms with Crippen LogP contribution in [-0.4, -0.2) is 65.3 Å². The normalized spacial score (nSPS) is 15.7. The van der Waals surface area contributed by atoms with Gasteiger partial charge in [0.15, 0.2) is 5.69 Å². The lowest BCUT2D eigenvalue weighted by molar-refractivity contribution is -0.137. The number of carboxylic acids is 1. The molecule has 0 unspecified atom stereocenters. The van der Waals surface area contributed by atoms with E-state index in [1.54, 1.807) is 6.07 Å². The summed E-state index contributed by atoms with van der Waals surface area (Å²) in [6, 6.07) is 5.18. The third-order valence-electron chi connectivity index (χ3n) is 4.63. The zero-order valence-electron chi connectivity index (χ0n) is 15.7. The summed E-state index contributed by atoms with van der Waals surface area (Å²) in [6.07, 6.45) is -3.35. The van der Waals surface area contributed by atoms with Gasteiger partial charge in [0.2, 0.25) is 5.89 Å². The third-order valence-corrected chi connectivity index (χ3v) is 4.63. The lowest BCUT2D eigenvalue weighted by Crippen LogP contribution is -2.41. The predicted molar refractivity (Wildman–Crippen MR) is 96.3 cm³/mol. The summed E-state index contributed by atoms with van der Waals surface area (Å²) in [4.78, 5) is 19.0. The SMILES string of the molecule is O=C(O)c1coc(CN(CCN2CCOCC2)Cc2cccc(C(F)(F)F)c2)n1. The van der Waals surface area contributed by atoms with E-state index in [9.17, 15) is 18.0 Å². The molecule has 0 spiro atoms. The van der Waals surface area contributed by atoms with Crippen LogP contribution in [0.3, 0.4) is 0 Å². The van der Waals surface area contributed by atoms with E-state index >= 15 is 0 Å². The van der Waals surface area contributed by atoms with Crippen LogP contribution in [0.1, 0.15) is 27.5 Å². The maximum Gasteiger partial charge on any atom is 0.416 e. The first-order chi connectivity index (χ1) is 13.8. The van der Waals surface area contributed by atoms with Gasteiger partial charge in [0, 0.05) is 32.7 Å². The number of carboxylic acid groups (broad SMARTS) is 1. The minimum atomic E-state index is -4.41. The number of halogens is 3. The van der Waals surface area contributed by atoms with E-state index in [-0.39, 0.29) is 24.7 Å². The highest BCUT2D eigenvalue weighted by atomic mass is 19.4. The van der Waals surface area contributed by atoms with Gasteiger partial charge in [-0.05, 0) is 11.6 Å². The molecule has 3 rings (SSSR count). The van der Waals surface area contributed by atoms with Crippen LogP contribution in [0.4, 0.5) is 13.2 Å². The van der Waals surface area contributed by atoms with Gasteiger partial charge in [0.25, 0.3) is 0 Å². The van der Waals surface area contributed by atoms with Crippen molar-refractivity contribution in [2.45, 2.75) is 19.3 Å². The smallest absolute Gasteiger partial charge is 0.416 e. The Morgan fingerprint density at radius 3 is 2.66 bits per heavy atom. The van der Waals surface area contributed by atoms with Crippen LogP contribution >= 0.6 is 0 Å². The number of ether oxygens (including phenoxy) is 1. The van der Waals surface area contributed by atoms with Gasteiger partial charge in [-0.25, -0.2) is 9.78 Å². The number of nitrogens with zero attached hydrogens (tertiary/aromatic N) is 3. The second kappa shape index (κ2) is 9.38. The number of alkyl halides is 3. The van der Waals surface area contributed by atoms with Gasteiger partial charge >= 0.3 is 12.1 Å². The van der Waals surface area contributed by atoms with Crippen molar-refractivity contribution in [3.05, 3.63) is 53.2 Å². The topological polar surface area (TPSA) is 79.0 Å². The first-order valence-electron chi connectivity index (χ1n) is 9.17. The number of benzene rings is 1. The molecule has 0 radical (unpaired) electrons. The lowest BCUT2D eigenvalue weighted by Gasteiger charge is -2.29. The van der Waals surface area contributed by atoms with Crippen LogP contribution in [0.2, 0.25) is 0 Å². The Bertz CT molecular complexity index is 819. The number of hydrogen-bond acceptors (Lipinski definition) is 6. The fourth-order valence-electron chi connectivity index (χ4n) is 3.10. The van der Waals surface area contributed by atoms with Crippen molar-refractivity contribution in [3.8, 4) is 0 Å². The summed E-state index contributed by atoms with van der Waals surface area (Å²) in [6.45, 7) is 4.58. The van der Waals surface area contributed by atoms with Gasteiger partial charge in [0.1, 0.15) is 6.26 Å². The van der Waals surface area contributed by atoms with Crippen LogP contribution in [0, 0.1) is 0 Å². The highest BCUT2D eigenvalue weighted by Crippen LogP contribution is 2.29. The van der Waals surface area contributed by atoms with E-state index < -0.39 is 17.7 Å². The Morgan fingerprint density at radius 2 is 2.00 bits per heavy atom. The molecular weight excluding hydrogens is 391 g/mol. The molecule has 1 fully saturated rings. The van der Waals surface area contributed by atoms with Crippen LogP contribution in [-0.2, 0) is 24.0 Å². The molecule has 2 heterocycles. The van der Waals surface area contributed by atoms with Gasteiger partial charge in [-0.1, -0.05) is 18.2 Å². The monoisotopic (exact) mass is 413 g/mol. The average Bonchev–Trinajstić information content (AvgIpc) is 3.15. The maximum absolute atomic E-state index is 13.0. The van der Waals surface area contributed by atoms with Gasteiger partial charge in [0.05, 0.1) is 25.3 Å². The third kappa shape index (κ3) is 6.28. The van der Waals surface area contributed by atoms with Crippen LogP contribution in [0.25, 0.3) is 0 Å². The van der Waals surface area contributed by atoms with E-state index in [1.807, 2.05) is 4.90 Å². The van der Waals surface area contributed by atoms with Gasteiger partial charge < -0.3 is 14.3 Å². The molecule has 2 aromatic rings. The Balaban J connectivity index is 1.71. The number of morpholine rings is 1. The van der Waals surface area contributed by atoms with Gasteiger partial charge in [-0.2, -0.15) is 13.2 Å². The van der Waals surface area contributed by atoms with Gasteiger partial charge in [-0.15, -0.1) is 0 Å². The van der Waals surface area contributed by atoms with Gasteiger partial charge in [-0.3, -0.25) is 9.80 Å². The van der Waals surface area contributed by atoms with Crippen LogP contribution in [0.15, 0.2) is 34.9 Å². The molecule has 1 aliphatic rings. The minimum absolute atomic E-state index is 0.188. The second-order valence-electron chi connectivity index (χ2n) is 6.79. The molecule has 0 aliphatic carbocycles. The number of hydrogen-bond donors (Lipinski definition) is 1. The van der Waals surface area contributed by atoms with Crippen molar-refractivity contribution in [2.75, 3.05) is 39.4 Å². The van der Waals surface area contributed by atoms with Crippen molar-refractivity contribution >= 4 is 5.97 Å². The Morgan fingerprint density at radius 1 is 1.24 bits per heavy atom. The number of oxazole rings is 1. The minimum Gasteiger partial charge on any atom is -0.476 e. The molecule has 0 saturated carbocycles. The van der Waals surface area contributed by atoms with Crippen molar-refractivity contribution in [3.63, 3.8) is 0 Å². The number of aromatic nitrogens is 1. The average molecular weight is 413 g/mol. The van der Waals surface area contributed by atoms with Crippen LogP contribution in [0.5, 0.6) is 0 Å². The second-order valence-corrected chi connectivity index (χ2v) is 6.79. The standard InChI is InChI=1S/C19H22F3N3O4/c20-19(21,22)15-3-1-2-14(10-15)11-25(5-4-24-6-8-28-9-7-24)12-17-23-16(13-29-17)18(26)27/h1-3,10,13H,4-9,11-12H2,(H,26,27). The molecule has 1 saturated heterocycles. The first-order valence-corrected chi connectivity index (χ1v) is 9.17. The molecule has 1 aromatic carbocycles. The fourth-order valence-corrected chi connectivity index (χ4v) is 3.10. The quantitative estimate of drug-likeness (QED) is 0.713. The molecule has 1 aliphatic heterocycles. The molecule has 29 heavy (non-hydrogen) atoms. The number of aromatic carboxylic acids is 1. The first kappa shape index (κ1) is 21.3. The fraction of sp³-hybridized carbons (Fsp3) is 0.474. The molecule has 10 heteroatoms. The Hall–Kier alpha value is -2.43. The number of carbonyl (C=O) groups is 1. The molecule has 0 amide bonds. The largest absolute Gasteiger partial charge is 0.476 e. The summed E-state index contributed by atoms with van der Waals surface area (Å²) in [5.41, 5.74) is -0.397. The summed E-state index contributed by atoms with van der Waals surface area (Å²) < 4.78 is 49.6. The summed E-state index contributed by atoms with van der Waals surface area (Å²) in [5.74, 6) is -0.992. The summed E-state index contributed by atoms with van der Waals surface area (Å²) in [5, 5.41) is 8.99. The lowest BCUT2D eigenvalue weighted by atomic mass is 10.1. The summed E-state index contributed by atoms with van der Waals surface area (Å²) in [7, 11) is 0. The predicted octanol–water partition coefficient (Wildman–Crippen LogP) is 2.73. The van der Waals surface area contributed by atoms with E-state index in [2.05, 4.69) is 9.88 Å². The highest BCUT2D eigenvalue weighted by Gasteiger charge is 2.30. The maximum atomic E-state index is 13.0. The van der Waals surface area contributed by atoms with Crippen molar-refractivity contribution in [2.24, 2.45) is 0 Å². The molecule has 0 bridgehead atoms. The Labute approximate surface area is 165 Å². The zero-order valence-corrected chi connectivity index (χ0v) is 15.7. The molecular formula is C19H22F3N3O4. The Kier molecular flexibility index (Phi) is 6.88. The van der Waals surface area contributed by atoms with E-state index in [0.29, 0.717) is 31.9 Å². The van der Waals surface area contributed by atoms with E-state index in [0.717, 1.165) is 31.5 Å². The molecule has 0 atom stereocenters. The van der Waals surface area contributed by atoms with Crippen molar-refractivity contribution in [1.29, 1.82) is 0 Å². The van der Waals surface area contributed by atoms with Crippen molar-refractivity contribution < 1.29 is 32.2 Å². The van der Waals surface area contributed by atoms with Crippen molar-refractivity contribution in [1.82, 2.24) is 14.8 Å². The number of rotatable bonds is 8. The molecule has 158 valence electrons. The molecule has 7 nitrogen and oxygen atoms in total.